The molecule has 3 rings (SSSR count). The molecular formula is C15H18BrClN4O2. The van der Waals surface area contributed by atoms with Crippen LogP contribution in [0.2, 0.25) is 0 Å². The molecule has 1 aliphatic heterocycles. The topological polar surface area (TPSA) is 90.0 Å². The summed E-state index contributed by atoms with van der Waals surface area (Å²) in [6.45, 7) is 1.34. The second-order valence-electron chi connectivity index (χ2n) is 5.22. The summed E-state index contributed by atoms with van der Waals surface area (Å²) in [6.07, 6.45) is 0.838. The van der Waals surface area contributed by atoms with Gasteiger partial charge in [0.05, 0.1) is 12.6 Å². The van der Waals surface area contributed by atoms with Crippen molar-refractivity contribution < 1.29 is 9.90 Å². The van der Waals surface area contributed by atoms with Gasteiger partial charge in [0.2, 0.25) is 0 Å². The van der Waals surface area contributed by atoms with Crippen LogP contribution < -0.4 is 10.6 Å². The van der Waals surface area contributed by atoms with Gasteiger partial charge in [0.15, 0.2) is 5.69 Å². The summed E-state index contributed by atoms with van der Waals surface area (Å²) in [4.78, 5) is 12.5. The molecule has 4 N–H and O–H groups in total. The monoisotopic (exact) mass is 400 g/mol. The minimum Gasteiger partial charge on any atom is -0.394 e. The number of amides is 1. The number of carbonyl (C=O) groups is 1. The lowest BCUT2D eigenvalue weighted by molar-refractivity contribution is 0.0910. The van der Waals surface area contributed by atoms with Gasteiger partial charge in [-0.25, -0.2) is 0 Å². The molecule has 1 amide bonds. The number of halogens is 2. The van der Waals surface area contributed by atoms with Gasteiger partial charge < -0.3 is 15.7 Å². The van der Waals surface area contributed by atoms with Gasteiger partial charge in [-0.05, 0) is 17.7 Å². The summed E-state index contributed by atoms with van der Waals surface area (Å²) >= 11 is 3.39. The number of H-pyrrole nitrogens is 1. The Kier molecular flexibility index (Phi) is 6.17. The molecule has 124 valence electrons. The zero-order valence-corrected chi connectivity index (χ0v) is 14.7. The molecule has 0 bridgehead atoms. The van der Waals surface area contributed by atoms with Crippen molar-refractivity contribution >= 4 is 34.2 Å². The van der Waals surface area contributed by atoms with E-state index in [1.807, 2.05) is 24.3 Å². The number of hydrogen-bond acceptors (Lipinski definition) is 4. The van der Waals surface area contributed by atoms with Crippen LogP contribution in [0.25, 0.3) is 0 Å². The standard InChI is InChI=1S/C15H17BrN4O2.ClH/c16-10-3-1-2-9(6-10)13(8-21)18-15(22)14-11-7-17-5-4-12(11)19-20-14;/h1-3,6,13,17,21H,4-5,7-8H2,(H,18,22)(H,19,20);1H. The van der Waals surface area contributed by atoms with Crippen molar-refractivity contribution in [3.8, 4) is 0 Å². The fraction of sp³-hybridized carbons (Fsp3) is 0.333. The van der Waals surface area contributed by atoms with Gasteiger partial charge in [-0.3, -0.25) is 9.89 Å². The van der Waals surface area contributed by atoms with E-state index in [0.717, 1.165) is 34.3 Å². The molecule has 0 saturated heterocycles. The van der Waals surface area contributed by atoms with Crippen molar-refractivity contribution in [3.05, 3.63) is 51.3 Å². The zero-order valence-electron chi connectivity index (χ0n) is 12.3. The van der Waals surface area contributed by atoms with Crippen LogP contribution in [0.1, 0.15) is 33.4 Å². The first kappa shape index (κ1) is 17.9. The van der Waals surface area contributed by atoms with Gasteiger partial charge in [0.1, 0.15) is 0 Å². The van der Waals surface area contributed by atoms with E-state index in [9.17, 15) is 9.90 Å². The van der Waals surface area contributed by atoms with Crippen molar-refractivity contribution in [3.63, 3.8) is 0 Å². The first-order chi connectivity index (χ1) is 10.7. The van der Waals surface area contributed by atoms with Crippen LogP contribution >= 0.6 is 28.3 Å². The molecule has 0 aliphatic carbocycles. The molecular weight excluding hydrogens is 384 g/mol. The average molecular weight is 402 g/mol. The van der Waals surface area contributed by atoms with Crippen LogP contribution in [-0.4, -0.2) is 34.4 Å². The quantitative estimate of drug-likeness (QED) is 0.628. The number of fused-ring (bicyclic) bond motifs is 1. The van der Waals surface area contributed by atoms with E-state index in [4.69, 9.17) is 0 Å². The second-order valence-corrected chi connectivity index (χ2v) is 6.14. The molecule has 1 unspecified atom stereocenters. The number of nitrogens with zero attached hydrogens (tertiary/aromatic N) is 1. The molecule has 6 nitrogen and oxygen atoms in total. The molecule has 1 aromatic heterocycles. The minimum atomic E-state index is -0.464. The number of aliphatic hydroxyl groups is 1. The summed E-state index contributed by atoms with van der Waals surface area (Å²) in [6, 6.07) is 7.05. The number of rotatable bonds is 4. The Labute approximate surface area is 148 Å². The largest absolute Gasteiger partial charge is 0.394 e. The summed E-state index contributed by atoms with van der Waals surface area (Å²) in [7, 11) is 0. The second kappa shape index (κ2) is 7.92. The third-order valence-electron chi connectivity index (χ3n) is 3.76. The van der Waals surface area contributed by atoms with Gasteiger partial charge in [-0.2, -0.15) is 5.10 Å². The molecule has 1 aromatic carbocycles. The van der Waals surface area contributed by atoms with E-state index in [0.29, 0.717) is 12.2 Å². The number of aromatic nitrogens is 2. The van der Waals surface area contributed by atoms with Crippen LogP contribution in [-0.2, 0) is 13.0 Å². The lowest BCUT2D eigenvalue weighted by Gasteiger charge is -2.18. The number of nitrogens with one attached hydrogen (secondary N) is 3. The van der Waals surface area contributed by atoms with Crippen LogP contribution in [0.15, 0.2) is 28.7 Å². The molecule has 1 aliphatic rings. The van der Waals surface area contributed by atoms with Crippen molar-refractivity contribution in [1.29, 1.82) is 0 Å². The summed E-state index contributed by atoms with van der Waals surface area (Å²) < 4.78 is 0.902. The first-order valence-corrected chi connectivity index (χ1v) is 7.92. The van der Waals surface area contributed by atoms with Gasteiger partial charge in [0, 0.05) is 35.2 Å². The Bertz CT molecular complexity index is 692. The maximum atomic E-state index is 12.5. The predicted octanol–water partition coefficient (Wildman–Crippen LogP) is 1.70. The first-order valence-electron chi connectivity index (χ1n) is 7.13. The van der Waals surface area contributed by atoms with Crippen molar-refractivity contribution in [2.45, 2.75) is 19.0 Å². The Morgan fingerprint density at radius 3 is 3.04 bits per heavy atom. The van der Waals surface area contributed by atoms with E-state index in [-0.39, 0.29) is 24.9 Å². The van der Waals surface area contributed by atoms with Gasteiger partial charge in [0.25, 0.3) is 5.91 Å². The molecule has 2 aromatic rings. The number of aliphatic hydroxyl groups excluding tert-OH is 1. The lowest BCUT2D eigenvalue weighted by atomic mass is 10.1. The Hall–Kier alpha value is -1.41. The Morgan fingerprint density at radius 1 is 1.48 bits per heavy atom. The molecule has 8 heteroatoms. The highest BCUT2D eigenvalue weighted by Gasteiger charge is 2.23. The molecule has 2 heterocycles. The smallest absolute Gasteiger partial charge is 0.272 e. The Morgan fingerprint density at radius 2 is 2.30 bits per heavy atom. The Balaban J connectivity index is 0.00000192. The van der Waals surface area contributed by atoms with E-state index < -0.39 is 6.04 Å². The average Bonchev–Trinajstić information content (AvgIpc) is 2.96. The lowest BCUT2D eigenvalue weighted by Crippen LogP contribution is -2.33. The van der Waals surface area contributed by atoms with E-state index in [1.54, 1.807) is 0 Å². The van der Waals surface area contributed by atoms with E-state index >= 15 is 0 Å². The summed E-state index contributed by atoms with van der Waals surface area (Å²) in [5.41, 5.74) is 3.16. The van der Waals surface area contributed by atoms with Crippen molar-refractivity contribution in [2.75, 3.05) is 13.2 Å². The van der Waals surface area contributed by atoms with Crippen molar-refractivity contribution in [1.82, 2.24) is 20.8 Å². The highest BCUT2D eigenvalue weighted by atomic mass is 79.9. The third kappa shape index (κ3) is 3.92. The molecule has 0 radical (unpaired) electrons. The maximum absolute atomic E-state index is 12.5. The molecule has 0 fully saturated rings. The predicted molar refractivity (Wildman–Crippen MR) is 92.7 cm³/mol. The van der Waals surface area contributed by atoms with E-state index in [2.05, 4.69) is 36.8 Å². The number of carbonyl (C=O) groups excluding carboxylic acids is 1. The third-order valence-corrected chi connectivity index (χ3v) is 4.25. The maximum Gasteiger partial charge on any atom is 0.272 e. The summed E-state index contributed by atoms with van der Waals surface area (Å²) in [5, 5.41) is 22.7. The van der Waals surface area contributed by atoms with Crippen molar-refractivity contribution in [2.24, 2.45) is 0 Å². The number of benzene rings is 1. The molecule has 23 heavy (non-hydrogen) atoms. The van der Waals surface area contributed by atoms with Crippen LogP contribution in [0.5, 0.6) is 0 Å². The van der Waals surface area contributed by atoms with Crippen LogP contribution in [0.4, 0.5) is 0 Å². The fourth-order valence-corrected chi connectivity index (χ4v) is 3.01. The highest BCUT2D eigenvalue weighted by molar-refractivity contribution is 9.10. The van der Waals surface area contributed by atoms with Gasteiger partial charge >= 0.3 is 0 Å². The van der Waals surface area contributed by atoms with Gasteiger partial charge in [-0.15, -0.1) is 12.4 Å². The minimum absolute atomic E-state index is 0. The molecule has 0 spiro atoms. The summed E-state index contributed by atoms with van der Waals surface area (Å²) in [5.74, 6) is -0.278. The number of hydrogen-bond donors (Lipinski definition) is 4. The van der Waals surface area contributed by atoms with Crippen LogP contribution in [0.3, 0.4) is 0 Å². The number of aromatic amines is 1. The zero-order chi connectivity index (χ0) is 15.5. The molecule has 1 atom stereocenters. The van der Waals surface area contributed by atoms with Gasteiger partial charge in [-0.1, -0.05) is 28.1 Å². The van der Waals surface area contributed by atoms with Crippen LogP contribution in [0, 0.1) is 0 Å². The molecule has 0 saturated carbocycles. The fourth-order valence-electron chi connectivity index (χ4n) is 2.60. The normalized spacial score (nSPS) is 14.5. The highest BCUT2D eigenvalue weighted by Crippen LogP contribution is 2.20. The van der Waals surface area contributed by atoms with E-state index in [1.165, 1.54) is 0 Å². The SMILES string of the molecule is Cl.O=C(NC(CO)c1cccc(Br)c1)c1n[nH]c2c1CNCC2.